The molecular weight excluding hydrogens is 344 g/mol. The van der Waals surface area contributed by atoms with Crippen LogP contribution in [0.1, 0.15) is 18.4 Å². The van der Waals surface area contributed by atoms with E-state index >= 15 is 0 Å². The van der Waals surface area contributed by atoms with E-state index < -0.39 is 12.2 Å². The summed E-state index contributed by atoms with van der Waals surface area (Å²) in [6.45, 7) is 8.09. The van der Waals surface area contributed by atoms with Crippen LogP contribution < -0.4 is 4.74 Å². The van der Waals surface area contributed by atoms with Gasteiger partial charge in [-0.15, -0.1) is 0 Å². The minimum Gasteiger partial charge on any atom is -0.492 e. The fourth-order valence-electron chi connectivity index (χ4n) is 4.76. The van der Waals surface area contributed by atoms with Gasteiger partial charge in [-0.25, -0.2) is 0 Å². The van der Waals surface area contributed by atoms with Crippen LogP contribution in [0.25, 0.3) is 0 Å². The van der Waals surface area contributed by atoms with Crippen LogP contribution in [-0.2, 0) is 11.3 Å². The number of fused-ring (bicyclic) bond motifs is 1. The van der Waals surface area contributed by atoms with E-state index in [2.05, 4.69) is 28.0 Å². The second-order valence-corrected chi connectivity index (χ2v) is 8.23. The SMILES string of the molecule is O[C@@H]1C[C@@H]2CN(Cc3ccccc3OCCN3CCOCC3)C[C@@H]2C[C@H]1O. The van der Waals surface area contributed by atoms with Crippen LogP contribution in [0.5, 0.6) is 5.75 Å². The number of nitrogens with zero attached hydrogens (tertiary/aromatic N) is 2. The van der Waals surface area contributed by atoms with Gasteiger partial charge in [0.25, 0.3) is 0 Å². The molecule has 2 heterocycles. The summed E-state index contributed by atoms with van der Waals surface area (Å²) >= 11 is 0. The summed E-state index contributed by atoms with van der Waals surface area (Å²) in [6.07, 6.45) is 0.337. The van der Waals surface area contributed by atoms with Crippen molar-refractivity contribution < 1.29 is 19.7 Å². The Kier molecular flexibility index (Phi) is 6.30. The lowest BCUT2D eigenvalue weighted by molar-refractivity contribution is -0.0372. The maximum atomic E-state index is 9.95. The molecule has 1 aromatic rings. The Bertz CT molecular complexity index is 590. The smallest absolute Gasteiger partial charge is 0.123 e. The van der Waals surface area contributed by atoms with Gasteiger partial charge in [-0.3, -0.25) is 9.80 Å². The number of aliphatic hydroxyl groups excluding tert-OH is 2. The molecule has 3 fully saturated rings. The molecule has 150 valence electrons. The zero-order chi connectivity index (χ0) is 18.6. The molecule has 0 unspecified atom stereocenters. The van der Waals surface area contributed by atoms with E-state index in [-0.39, 0.29) is 0 Å². The van der Waals surface area contributed by atoms with E-state index in [0.717, 1.165) is 71.1 Å². The molecule has 0 spiro atoms. The first-order chi connectivity index (χ1) is 13.2. The second-order valence-electron chi connectivity index (χ2n) is 8.23. The summed E-state index contributed by atoms with van der Waals surface area (Å²) in [6, 6.07) is 8.31. The highest BCUT2D eigenvalue weighted by molar-refractivity contribution is 5.33. The first-order valence-electron chi connectivity index (χ1n) is 10.3. The van der Waals surface area contributed by atoms with Crippen molar-refractivity contribution in [1.29, 1.82) is 0 Å². The van der Waals surface area contributed by atoms with Crippen molar-refractivity contribution in [3.05, 3.63) is 29.8 Å². The molecule has 3 aliphatic rings. The molecule has 1 aromatic carbocycles. The Morgan fingerprint density at radius 3 is 2.33 bits per heavy atom. The molecule has 4 atom stereocenters. The molecule has 2 aliphatic heterocycles. The minimum atomic E-state index is -0.554. The third-order valence-corrected chi connectivity index (χ3v) is 6.32. The maximum Gasteiger partial charge on any atom is 0.123 e. The van der Waals surface area contributed by atoms with E-state index in [1.165, 1.54) is 5.56 Å². The summed E-state index contributed by atoms with van der Waals surface area (Å²) < 4.78 is 11.5. The third-order valence-electron chi connectivity index (χ3n) is 6.32. The molecule has 0 aromatic heterocycles. The van der Waals surface area contributed by atoms with Crippen molar-refractivity contribution in [2.24, 2.45) is 11.8 Å². The topological polar surface area (TPSA) is 65.4 Å². The molecule has 0 amide bonds. The number of rotatable bonds is 6. The van der Waals surface area contributed by atoms with Crippen LogP contribution in [-0.4, -0.2) is 84.8 Å². The highest BCUT2D eigenvalue weighted by Crippen LogP contribution is 2.37. The Morgan fingerprint density at radius 1 is 0.963 bits per heavy atom. The zero-order valence-electron chi connectivity index (χ0n) is 16.0. The maximum absolute atomic E-state index is 9.95. The minimum absolute atomic E-state index is 0.498. The fraction of sp³-hybridized carbons (Fsp3) is 0.714. The summed E-state index contributed by atoms with van der Waals surface area (Å²) in [5.41, 5.74) is 1.22. The number of hydrogen-bond donors (Lipinski definition) is 2. The van der Waals surface area contributed by atoms with Crippen molar-refractivity contribution in [3.8, 4) is 5.75 Å². The average Bonchev–Trinajstić information content (AvgIpc) is 3.05. The van der Waals surface area contributed by atoms with Crippen molar-refractivity contribution in [1.82, 2.24) is 9.80 Å². The van der Waals surface area contributed by atoms with Gasteiger partial charge >= 0.3 is 0 Å². The molecule has 1 aliphatic carbocycles. The van der Waals surface area contributed by atoms with E-state index in [4.69, 9.17) is 9.47 Å². The first-order valence-corrected chi connectivity index (χ1v) is 10.3. The normalized spacial score (nSPS) is 32.4. The monoisotopic (exact) mass is 376 g/mol. The van der Waals surface area contributed by atoms with Gasteiger partial charge in [-0.2, -0.15) is 0 Å². The number of ether oxygens (including phenoxy) is 2. The summed E-state index contributed by atoms with van der Waals surface area (Å²) in [7, 11) is 0. The van der Waals surface area contributed by atoms with Crippen LogP contribution in [0.2, 0.25) is 0 Å². The third kappa shape index (κ3) is 4.81. The van der Waals surface area contributed by atoms with Gasteiger partial charge in [0, 0.05) is 44.8 Å². The zero-order valence-corrected chi connectivity index (χ0v) is 16.0. The van der Waals surface area contributed by atoms with Gasteiger partial charge in [-0.1, -0.05) is 18.2 Å². The number of aliphatic hydroxyl groups is 2. The fourth-order valence-corrected chi connectivity index (χ4v) is 4.76. The molecule has 4 rings (SSSR count). The van der Waals surface area contributed by atoms with E-state index in [0.29, 0.717) is 18.4 Å². The molecule has 0 bridgehead atoms. The predicted molar refractivity (Wildman–Crippen MR) is 103 cm³/mol. The Morgan fingerprint density at radius 2 is 1.63 bits per heavy atom. The van der Waals surface area contributed by atoms with Gasteiger partial charge in [0.15, 0.2) is 0 Å². The van der Waals surface area contributed by atoms with Crippen LogP contribution in [0, 0.1) is 11.8 Å². The number of benzene rings is 1. The van der Waals surface area contributed by atoms with Gasteiger partial charge < -0.3 is 19.7 Å². The quantitative estimate of drug-likeness (QED) is 0.771. The number of likely N-dealkylation sites (tertiary alicyclic amines) is 1. The number of morpholine rings is 1. The number of para-hydroxylation sites is 1. The lowest BCUT2D eigenvalue weighted by atomic mass is 9.79. The van der Waals surface area contributed by atoms with Crippen LogP contribution in [0.3, 0.4) is 0 Å². The molecule has 2 N–H and O–H groups in total. The van der Waals surface area contributed by atoms with Crippen LogP contribution in [0.15, 0.2) is 24.3 Å². The van der Waals surface area contributed by atoms with E-state index in [1.807, 2.05) is 6.07 Å². The molecule has 1 saturated carbocycles. The molecule has 6 nitrogen and oxygen atoms in total. The van der Waals surface area contributed by atoms with Crippen LogP contribution >= 0.6 is 0 Å². The predicted octanol–water partition coefficient (Wildman–Crippen LogP) is 0.961. The molecular formula is C21H32N2O4. The average molecular weight is 376 g/mol. The van der Waals surface area contributed by atoms with Gasteiger partial charge in [-0.05, 0) is 30.7 Å². The second kappa shape index (κ2) is 8.88. The highest BCUT2D eigenvalue weighted by Gasteiger charge is 2.41. The summed E-state index contributed by atoms with van der Waals surface area (Å²) in [5, 5.41) is 19.9. The standard InChI is InChI=1S/C21H32N2O4/c24-19-11-17-14-23(15-18(17)12-20(19)25)13-16-3-1-2-4-21(16)27-10-7-22-5-8-26-9-6-22/h1-4,17-20,24-25H,5-15H2/t17-,18+,19-,20-/m1/s1. The van der Waals surface area contributed by atoms with Crippen molar-refractivity contribution in [3.63, 3.8) is 0 Å². The van der Waals surface area contributed by atoms with E-state index in [1.54, 1.807) is 0 Å². The lowest BCUT2D eigenvalue weighted by Crippen LogP contribution is -2.38. The van der Waals surface area contributed by atoms with E-state index in [9.17, 15) is 10.2 Å². The van der Waals surface area contributed by atoms with Crippen molar-refractivity contribution in [2.45, 2.75) is 31.6 Å². The summed E-state index contributed by atoms with van der Waals surface area (Å²) in [5.74, 6) is 1.97. The van der Waals surface area contributed by atoms with Gasteiger partial charge in [0.2, 0.25) is 0 Å². The van der Waals surface area contributed by atoms with Gasteiger partial charge in [0.05, 0.1) is 25.4 Å². The van der Waals surface area contributed by atoms with Crippen molar-refractivity contribution >= 4 is 0 Å². The largest absolute Gasteiger partial charge is 0.492 e. The lowest BCUT2D eigenvalue weighted by Gasteiger charge is -2.32. The van der Waals surface area contributed by atoms with Gasteiger partial charge in [0.1, 0.15) is 12.4 Å². The van der Waals surface area contributed by atoms with Crippen LogP contribution in [0.4, 0.5) is 0 Å². The Hall–Kier alpha value is -1.18. The molecule has 27 heavy (non-hydrogen) atoms. The summed E-state index contributed by atoms with van der Waals surface area (Å²) in [4.78, 5) is 4.83. The number of hydrogen-bond acceptors (Lipinski definition) is 6. The molecule has 2 saturated heterocycles. The molecule has 0 radical (unpaired) electrons. The van der Waals surface area contributed by atoms with Crippen molar-refractivity contribution in [2.75, 3.05) is 52.5 Å². The highest BCUT2D eigenvalue weighted by atomic mass is 16.5. The Balaban J connectivity index is 1.30. The Labute approximate surface area is 161 Å². The molecule has 6 heteroatoms. The first kappa shape index (κ1) is 19.2.